The van der Waals surface area contributed by atoms with Gasteiger partial charge in [-0.1, -0.05) is 6.92 Å². The van der Waals surface area contributed by atoms with E-state index in [0.29, 0.717) is 51.9 Å². The zero-order chi connectivity index (χ0) is 37.5. The predicted octanol–water partition coefficient (Wildman–Crippen LogP) is 2.44. The number of alkyl halides is 7. The van der Waals surface area contributed by atoms with Gasteiger partial charge in [-0.25, -0.2) is 13.2 Å². The minimum atomic E-state index is -0.625. The summed E-state index contributed by atoms with van der Waals surface area (Å²) in [5.41, 5.74) is 19.8. The number of aliphatic hydroxyl groups excluding tert-OH is 4. The molecule has 0 aromatic carbocycles. The van der Waals surface area contributed by atoms with Crippen LogP contribution in [-0.2, 0) is 0 Å². The third kappa shape index (κ3) is 143. The molecule has 0 unspecified atom stereocenters. The fourth-order valence-electron chi connectivity index (χ4n) is 1.50. The summed E-state index contributed by atoms with van der Waals surface area (Å²) in [7, 11) is 3.78. The van der Waals surface area contributed by atoms with Gasteiger partial charge in [-0.3, -0.25) is 22.5 Å². The molecule has 17 heteroatoms. The Morgan fingerprint density at radius 1 is 0.413 bits per heavy atom. The standard InChI is InChI=1S/C6H15NO.C5H13FN2.C4H10FN.C4H9FO.C3H8FN.C3H7FO.C2H6FN.C2H5FO/c1-3-7(2)5-4-6-8;1-8(5-6)4-2-3-7;2*5-3-1-2-4-6;2*4-2-1-3-5;2*3-1-2-4/h8H,3-6H2,1-2H3;2-5,7H2,1H3;1-4,6H2;6H,1-4H2;1-3,5H2;5H,1-3H2;1-2,4H2;4H,1-2H2. The topological polar surface area (TPSA) is 191 Å². The molecular weight excluding hydrogens is 629 g/mol. The molecule has 0 aliphatic carbocycles. The Bertz CT molecular complexity index is 342. The van der Waals surface area contributed by atoms with Gasteiger partial charge in [0, 0.05) is 32.9 Å². The minimum Gasteiger partial charge on any atom is -0.396 e. The number of halogens is 7. The second-order valence-electron chi connectivity index (χ2n) is 8.61. The van der Waals surface area contributed by atoms with Crippen LogP contribution in [0.5, 0.6) is 0 Å². The number of nitrogens with zero attached hydrogens (tertiary/aromatic N) is 2. The van der Waals surface area contributed by atoms with Crippen molar-refractivity contribution in [1.29, 1.82) is 0 Å². The fourth-order valence-corrected chi connectivity index (χ4v) is 1.50. The molecule has 46 heavy (non-hydrogen) atoms. The van der Waals surface area contributed by atoms with Crippen molar-refractivity contribution in [1.82, 2.24) is 9.80 Å². The summed E-state index contributed by atoms with van der Waals surface area (Å²) in [5, 5.41) is 31.7. The molecule has 0 aliphatic heterocycles. The van der Waals surface area contributed by atoms with Crippen LogP contribution in [0.25, 0.3) is 0 Å². The molecule has 0 heterocycles. The molecular formula is C29H73F7N6O4. The van der Waals surface area contributed by atoms with Crippen molar-refractivity contribution in [2.75, 3.05) is 133 Å². The molecule has 10 nitrogen and oxygen atoms in total. The van der Waals surface area contributed by atoms with E-state index in [9.17, 15) is 30.7 Å². The van der Waals surface area contributed by atoms with Crippen LogP contribution in [0, 0.1) is 0 Å². The monoisotopic (exact) mass is 703 g/mol. The van der Waals surface area contributed by atoms with Gasteiger partial charge in [-0.15, -0.1) is 0 Å². The molecule has 0 fully saturated rings. The fraction of sp³-hybridized carbons (Fsp3) is 1.00. The second kappa shape index (κ2) is 84.7. The summed E-state index contributed by atoms with van der Waals surface area (Å²) in [6.07, 6.45) is 5.07. The van der Waals surface area contributed by atoms with E-state index in [2.05, 4.69) is 24.6 Å². The van der Waals surface area contributed by atoms with Gasteiger partial charge < -0.3 is 48.3 Å². The van der Waals surface area contributed by atoms with E-state index in [-0.39, 0.29) is 59.6 Å². The van der Waals surface area contributed by atoms with Crippen molar-refractivity contribution in [3.8, 4) is 0 Å². The van der Waals surface area contributed by atoms with Crippen molar-refractivity contribution in [2.45, 2.75) is 58.3 Å². The number of unbranched alkanes of at least 4 members (excludes halogenated alkanes) is 2. The average Bonchev–Trinajstić information content (AvgIpc) is 3.09. The zero-order valence-electron chi connectivity index (χ0n) is 29.0. The number of aliphatic hydroxyl groups is 4. The van der Waals surface area contributed by atoms with E-state index in [0.717, 1.165) is 38.9 Å². The lowest BCUT2D eigenvalue weighted by Crippen LogP contribution is -2.20. The van der Waals surface area contributed by atoms with E-state index in [1.54, 1.807) is 11.9 Å². The van der Waals surface area contributed by atoms with Crippen molar-refractivity contribution in [2.24, 2.45) is 22.9 Å². The molecule has 0 amide bonds. The molecule has 0 aromatic rings. The first-order valence-electron chi connectivity index (χ1n) is 15.6. The Kier molecular flexibility index (Phi) is 117. The van der Waals surface area contributed by atoms with Crippen LogP contribution in [0.2, 0.25) is 0 Å². The maximum atomic E-state index is 11.6. The summed E-state index contributed by atoms with van der Waals surface area (Å²) < 4.78 is 76.6. The van der Waals surface area contributed by atoms with Gasteiger partial charge in [-0.05, 0) is 98.2 Å². The van der Waals surface area contributed by atoms with E-state index in [4.69, 9.17) is 37.6 Å². The lowest BCUT2D eigenvalue weighted by molar-refractivity contribution is 0.224. The van der Waals surface area contributed by atoms with Crippen LogP contribution < -0.4 is 22.9 Å². The first-order valence-corrected chi connectivity index (χ1v) is 15.6. The third-order valence-electron chi connectivity index (χ3n) is 4.14. The Labute approximate surface area is 275 Å². The quantitative estimate of drug-likeness (QED) is 0.0531. The Morgan fingerprint density at radius 3 is 0.957 bits per heavy atom. The molecule has 0 saturated carbocycles. The van der Waals surface area contributed by atoms with E-state index in [1.807, 2.05) is 0 Å². The molecule has 0 atom stereocenters. The SMILES string of the molecule is CCN(C)CCCO.CN(CF)CCCN.NCCCCF.NCCCF.NCCF.OCCCCF.OCCCF.OCCF. The Hall–Kier alpha value is -0.890. The van der Waals surface area contributed by atoms with Gasteiger partial charge in [-0.2, -0.15) is 0 Å². The second-order valence-corrected chi connectivity index (χ2v) is 8.61. The highest BCUT2D eigenvalue weighted by Gasteiger charge is 1.92. The number of hydrogen-bond donors (Lipinski definition) is 8. The van der Waals surface area contributed by atoms with Crippen molar-refractivity contribution in [3.05, 3.63) is 0 Å². The zero-order valence-corrected chi connectivity index (χ0v) is 29.0. The lowest BCUT2D eigenvalue weighted by Gasteiger charge is -2.11. The van der Waals surface area contributed by atoms with Gasteiger partial charge in [0.05, 0.1) is 33.3 Å². The number of hydrogen-bond acceptors (Lipinski definition) is 10. The van der Waals surface area contributed by atoms with Crippen LogP contribution in [0.4, 0.5) is 30.7 Å². The van der Waals surface area contributed by atoms with Crippen molar-refractivity contribution in [3.63, 3.8) is 0 Å². The molecule has 0 aromatic heterocycles. The van der Waals surface area contributed by atoms with Crippen LogP contribution >= 0.6 is 0 Å². The molecule has 0 bridgehead atoms. The molecule has 0 rings (SSSR count). The van der Waals surface area contributed by atoms with E-state index >= 15 is 0 Å². The molecule has 0 saturated heterocycles. The summed E-state index contributed by atoms with van der Waals surface area (Å²) >= 11 is 0. The molecule has 12 N–H and O–H groups in total. The molecule has 292 valence electrons. The minimum absolute atomic E-state index is 0.0312. The van der Waals surface area contributed by atoms with Gasteiger partial charge in [0.25, 0.3) is 0 Å². The average molecular weight is 703 g/mol. The third-order valence-corrected chi connectivity index (χ3v) is 4.14. The smallest absolute Gasteiger partial charge is 0.142 e. The lowest BCUT2D eigenvalue weighted by atomic mass is 10.3. The molecule has 0 spiro atoms. The van der Waals surface area contributed by atoms with E-state index in [1.165, 1.54) is 0 Å². The highest BCUT2D eigenvalue weighted by atomic mass is 19.1. The Balaban J connectivity index is -0.0000000606. The largest absolute Gasteiger partial charge is 0.396 e. The Morgan fingerprint density at radius 2 is 0.783 bits per heavy atom. The van der Waals surface area contributed by atoms with Gasteiger partial charge in [0.1, 0.15) is 20.1 Å². The summed E-state index contributed by atoms with van der Waals surface area (Å²) in [6, 6.07) is 0. The molecule has 0 radical (unpaired) electrons. The summed E-state index contributed by atoms with van der Waals surface area (Å²) in [4.78, 5) is 3.77. The van der Waals surface area contributed by atoms with Crippen molar-refractivity contribution >= 4 is 0 Å². The number of rotatable bonds is 20. The maximum absolute atomic E-state index is 11.6. The highest BCUT2D eigenvalue weighted by Crippen LogP contribution is 1.85. The first-order chi connectivity index (χ1) is 22.1. The number of nitrogens with two attached hydrogens (primary N) is 4. The van der Waals surface area contributed by atoms with Crippen LogP contribution in [-0.4, -0.2) is 163 Å². The van der Waals surface area contributed by atoms with Gasteiger partial charge in [0.15, 0.2) is 0 Å². The van der Waals surface area contributed by atoms with E-state index < -0.39 is 20.0 Å². The van der Waals surface area contributed by atoms with Crippen LogP contribution in [0.3, 0.4) is 0 Å². The normalized spacial score (nSPS) is 9.13. The molecule has 0 aliphatic rings. The van der Waals surface area contributed by atoms with Crippen molar-refractivity contribution < 1.29 is 51.2 Å². The van der Waals surface area contributed by atoms with Gasteiger partial charge in [0.2, 0.25) is 0 Å². The maximum Gasteiger partial charge on any atom is 0.142 e. The predicted molar refractivity (Wildman–Crippen MR) is 179 cm³/mol. The van der Waals surface area contributed by atoms with Gasteiger partial charge >= 0.3 is 0 Å². The first kappa shape index (κ1) is 63.7. The van der Waals surface area contributed by atoms with Crippen LogP contribution in [0.1, 0.15) is 58.3 Å². The van der Waals surface area contributed by atoms with Crippen LogP contribution in [0.15, 0.2) is 0 Å². The highest BCUT2D eigenvalue weighted by molar-refractivity contribution is 4.45. The summed E-state index contributed by atoms with van der Waals surface area (Å²) in [5.74, 6) is 0. The summed E-state index contributed by atoms with van der Waals surface area (Å²) in [6.45, 7) is 4.25.